The molecule has 0 bridgehead atoms. The predicted octanol–water partition coefficient (Wildman–Crippen LogP) is 2.57. The molecule has 118 valence electrons. The molecule has 1 aromatic carbocycles. The van der Waals surface area contributed by atoms with Gasteiger partial charge < -0.3 is 15.8 Å². The molecule has 0 aliphatic rings. The van der Waals surface area contributed by atoms with Crippen LogP contribution in [0.15, 0.2) is 18.2 Å². The van der Waals surface area contributed by atoms with E-state index in [1.54, 1.807) is 0 Å². The lowest BCUT2D eigenvalue weighted by molar-refractivity contribution is -0.124. The van der Waals surface area contributed by atoms with E-state index in [0.717, 1.165) is 29.7 Å². The molecule has 3 N–H and O–H groups in total. The van der Waals surface area contributed by atoms with Gasteiger partial charge in [-0.2, -0.15) is 0 Å². The molecule has 1 atom stereocenters. The number of aryl methyl sites for hydroxylation is 1. The Labute approximate surface area is 128 Å². The molecule has 4 heteroatoms. The smallest absolute Gasteiger partial charge is 0.258 e. The Morgan fingerprint density at radius 3 is 2.67 bits per heavy atom. The van der Waals surface area contributed by atoms with Crippen LogP contribution in [0.1, 0.15) is 45.2 Å². The lowest BCUT2D eigenvalue weighted by atomic mass is 10.0. The average molecular weight is 292 g/mol. The highest BCUT2D eigenvalue weighted by molar-refractivity contribution is 5.78. The number of ether oxygens (including phenoxy) is 1. The van der Waals surface area contributed by atoms with Crippen LogP contribution in [-0.2, 0) is 11.2 Å². The zero-order chi connectivity index (χ0) is 16.0. The molecule has 0 aromatic heterocycles. The number of hydrogen-bond donors (Lipinski definition) is 2. The minimum Gasteiger partial charge on any atom is -0.483 e. The highest BCUT2D eigenvalue weighted by atomic mass is 16.5. The summed E-state index contributed by atoms with van der Waals surface area (Å²) in [6, 6.07) is 6.02. The summed E-state index contributed by atoms with van der Waals surface area (Å²) < 4.78 is 5.75. The molecule has 0 fully saturated rings. The van der Waals surface area contributed by atoms with Crippen molar-refractivity contribution < 1.29 is 9.53 Å². The van der Waals surface area contributed by atoms with E-state index in [0.29, 0.717) is 0 Å². The molecule has 4 nitrogen and oxygen atoms in total. The van der Waals surface area contributed by atoms with Crippen molar-refractivity contribution in [2.24, 2.45) is 5.73 Å². The SMILES string of the molecule is CCC(C)(C)NC(=O)COc1c(C)cccc1CC(C)N. The summed E-state index contributed by atoms with van der Waals surface area (Å²) in [5.41, 5.74) is 7.73. The third kappa shape index (κ3) is 5.76. The first kappa shape index (κ1) is 17.5. The minimum absolute atomic E-state index is 0.0280. The number of benzene rings is 1. The Morgan fingerprint density at radius 1 is 1.43 bits per heavy atom. The van der Waals surface area contributed by atoms with Crippen molar-refractivity contribution in [2.75, 3.05) is 6.61 Å². The van der Waals surface area contributed by atoms with Crippen LogP contribution < -0.4 is 15.8 Å². The van der Waals surface area contributed by atoms with Crippen molar-refractivity contribution in [3.05, 3.63) is 29.3 Å². The van der Waals surface area contributed by atoms with Gasteiger partial charge >= 0.3 is 0 Å². The molecule has 1 rings (SSSR count). The van der Waals surface area contributed by atoms with Crippen LogP contribution in [0.25, 0.3) is 0 Å². The molecule has 21 heavy (non-hydrogen) atoms. The summed E-state index contributed by atoms with van der Waals surface area (Å²) >= 11 is 0. The lowest BCUT2D eigenvalue weighted by Gasteiger charge is -2.24. The summed E-state index contributed by atoms with van der Waals surface area (Å²) in [4.78, 5) is 12.0. The molecule has 0 aliphatic carbocycles. The fourth-order valence-corrected chi connectivity index (χ4v) is 2.07. The van der Waals surface area contributed by atoms with E-state index in [9.17, 15) is 4.79 Å². The third-order valence-corrected chi connectivity index (χ3v) is 3.54. The van der Waals surface area contributed by atoms with Crippen LogP contribution in [0.3, 0.4) is 0 Å². The van der Waals surface area contributed by atoms with Gasteiger partial charge in [0.2, 0.25) is 0 Å². The monoisotopic (exact) mass is 292 g/mol. The van der Waals surface area contributed by atoms with Gasteiger partial charge in [0.15, 0.2) is 6.61 Å². The number of amides is 1. The zero-order valence-electron chi connectivity index (χ0n) is 13.8. The van der Waals surface area contributed by atoms with Crippen LogP contribution in [0.5, 0.6) is 5.75 Å². The molecule has 0 spiro atoms. The molecule has 0 saturated heterocycles. The molecule has 1 unspecified atom stereocenters. The van der Waals surface area contributed by atoms with Crippen molar-refractivity contribution in [3.8, 4) is 5.75 Å². The maximum Gasteiger partial charge on any atom is 0.258 e. The maximum atomic E-state index is 12.0. The lowest BCUT2D eigenvalue weighted by Crippen LogP contribution is -2.45. The number of rotatable bonds is 7. The molecule has 0 saturated carbocycles. The van der Waals surface area contributed by atoms with Crippen molar-refractivity contribution in [2.45, 2.75) is 59.0 Å². The number of hydrogen-bond acceptors (Lipinski definition) is 3. The van der Waals surface area contributed by atoms with E-state index < -0.39 is 0 Å². The normalized spacial score (nSPS) is 12.9. The molecule has 0 aliphatic heterocycles. The summed E-state index contributed by atoms with van der Waals surface area (Å²) in [5.74, 6) is 0.677. The zero-order valence-corrected chi connectivity index (χ0v) is 13.8. The summed E-state index contributed by atoms with van der Waals surface area (Å²) in [6.07, 6.45) is 1.61. The second kappa shape index (κ2) is 7.46. The molecule has 0 heterocycles. The van der Waals surface area contributed by atoms with Gasteiger partial charge in [0, 0.05) is 11.6 Å². The van der Waals surface area contributed by atoms with E-state index in [-0.39, 0.29) is 24.1 Å². The Morgan fingerprint density at radius 2 is 2.10 bits per heavy atom. The van der Waals surface area contributed by atoms with Crippen LogP contribution in [0, 0.1) is 6.92 Å². The van der Waals surface area contributed by atoms with Crippen LogP contribution in [-0.4, -0.2) is 24.1 Å². The van der Waals surface area contributed by atoms with Gasteiger partial charge in [-0.25, -0.2) is 0 Å². The summed E-state index contributed by atoms with van der Waals surface area (Å²) in [5, 5.41) is 2.97. The molecule has 0 radical (unpaired) electrons. The number of para-hydroxylation sites is 1. The fraction of sp³-hybridized carbons (Fsp3) is 0.588. The number of carbonyl (C=O) groups excluding carboxylic acids is 1. The van der Waals surface area contributed by atoms with E-state index in [2.05, 4.69) is 5.32 Å². The van der Waals surface area contributed by atoms with Crippen molar-refractivity contribution in [3.63, 3.8) is 0 Å². The summed E-state index contributed by atoms with van der Waals surface area (Å²) in [7, 11) is 0. The highest BCUT2D eigenvalue weighted by Gasteiger charge is 2.18. The Bertz CT molecular complexity index is 482. The molecular weight excluding hydrogens is 264 g/mol. The maximum absolute atomic E-state index is 12.0. The van der Waals surface area contributed by atoms with Crippen LogP contribution in [0.2, 0.25) is 0 Å². The van der Waals surface area contributed by atoms with Crippen LogP contribution >= 0.6 is 0 Å². The average Bonchev–Trinajstić information content (AvgIpc) is 2.37. The Balaban J connectivity index is 2.73. The van der Waals surface area contributed by atoms with Crippen LogP contribution in [0.4, 0.5) is 0 Å². The Kier molecular flexibility index (Phi) is 6.21. The highest BCUT2D eigenvalue weighted by Crippen LogP contribution is 2.24. The van der Waals surface area contributed by atoms with E-state index in [1.165, 1.54) is 0 Å². The predicted molar refractivity (Wildman–Crippen MR) is 86.5 cm³/mol. The second-order valence-electron chi connectivity index (χ2n) is 6.32. The standard InChI is InChI=1S/C17H28N2O2/c1-6-17(4,5)19-15(20)11-21-16-12(2)8-7-9-14(16)10-13(3)18/h7-9,13H,6,10-11,18H2,1-5H3,(H,19,20). The number of nitrogens with two attached hydrogens (primary N) is 1. The van der Waals surface area contributed by atoms with Crippen molar-refractivity contribution in [1.82, 2.24) is 5.32 Å². The molecule has 1 amide bonds. The summed E-state index contributed by atoms with van der Waals surface area (Å²) in [6.45, 7) is 10.0. The van der Waals surface area contributed by atoms with E-state index >= 15 is 0 Å². The van der Waals surface area contributed by atoms with Crippen molar-refractivity contribution in [1.29, 1.82) is 0 Å². The van der Waals surface area contributed by atoms with Crippen molar-refractivity contribution >= 4 is 5.91 Å². The number of nitrogens with one attached hydrogen (secondary N) is 1. The molecular formula is C17H28N2O2. The van der Waals surface area contributed by atoms with Gasteiger partial charge in [-0.1, -0.05) is 25.1 Å². The number of carbonyl (C=O) groups is 1. The first-order valence-electron chi connectivity index (χ1n) is 7.53. The van der Waals surface area contributed by atoms with Gasteiger partial charge in [-0.15, -0.1) is 0 Å². The minimum atomic E-state index is -0.208. The van der Waals surface area contributed by atoms with Gasteiger partial charge in [-0.05, 0) is 51.7 Å². The third-order valence-electron chi connectivity index (χ3n) is 3.54. The first-order chi connectivity index (χ1) is 9.75. The van der Waals surface area contributed by atoms with E-state index in [4.69, 9.17) is 10.5 Å². The van der Waals surface area contributed by atoms with Gasteiger partial charge in [0.1, 0.15) is 5.75 Å². The van der Waals surface area contributed by atoms with E-state index in [1.807, 2.05) is 52.8 Å². The first-order valence-corrected chi connectivity index (χ1v) is 7.53. The molecule has 1 aromatic rings. The van der Waals surface area contributed by atoms with Gasteiger partial charge in [-0.3, -0.25) is 4.79 Å². The fourth-order valence-electron chi connectivity index (χ4n) is 2.07. The quantitative estimate of drug-likeness (QED) is 0.812. The van der Waals surface area contributed by atoms with Gasteiger partial charge in [0.25, 0.3) is 5.91 Å². The topological polar surface area (TPSA) is 64.3 Å². The second-order valence-corrected chi connectivity index (χ2v) is 6.32. The van der Waals surface area contributed by atoms with Gasteiger partial charge in [0.05, 0.1) is 0 Å². The largest absolute Gasteiger partial charge is 0.483 e. The Hall–Kier alpha value is -1.55.